The number of rotatable bonds is 5. The fraction of sp³-hybridized carbons (Fsp3) is 0.286. The molecule has 1 aliphatic heterocycles. The zero-order valence-corrected chi connectivity index (χ0v) is 14.2. The van der Waals surface area contributed by atoms with Crippen LogP contribution in [0.3, 0.4) is 0 Å². The Bertz CT molecular complexity index is 778. The highest BCUT2D eigenvalue weighted by Gasteiger charge is 2.21. The van der Waals surface area contributed by atoms with Crippen LogP contribution >= 0.6 is 0 Å². The average Bonchev–Trinajstić information content (AvgIpc) is 3.14. The fourth-order valence-corrected chi connectivity index (χ4v) is 3.23. The number of likely N-dealkylation sites (tertiary alicyclic amines) is 1. The number of para-hydroxylation sites is 1. The quantitative estimate of drug-likeness (QED) is 0.694. The van der Waals surface area contributed by atoms with E-state index < -0.39 is 0 Å². The summed E-state index contributed by atoms with van der Waals surface area (Å²) < 4.78 is 11.6. The van der Waals surface area contributed by atoms with Crippen LogP contribution in [-0.2, 0) is 6.54 Å². The van der Waals surface area contributed by atoms with E-state index in [1.54, 1.807) is 0 Å². The minimum atomic E-state index is 0.299. The third-order valence-corrected chi connectivity index (χ3v) is 4.59. The third-order valence-electron chi connectivity index (χ3n) is 4.59. The molecule has 0 saturated carbocycles. The standard InChI is InChI=1S/C21H22N2O2/c1-3-7-17(8-4-1)21-15-20(25-22-21)16-23-13-11-19(12-14-23)24-18-9-5-2-6-10-18/h1-10,15,19H,11-14,16H2. The summed E-state index contributed by atoms with van der Waals surface area (Å²) in [7, 11) is 0. The first-order valence-electron chi connectivity index (χ1n) is 8.82. The van der Waals surface area contributed by atoms with Crippen LogP contribution in [0.2, 0.25) is 0 Å². The first kappa shape index (κ1) is 15.9. The Hall–Kier alpha value is -2.59. The summed E-state index contributed by atoms with van der Waals surface area (Å²) >= 11 is 0. The molecule has 2 aromatic carbocycles. The maximum absolute atomic E-state index is 6.05. The molecular formula is C21H22N2O2. The Kier molecular flexibility index (Phi) is 4.79. The minimum Gasteiger partial charge on any atom is -0.490 e. The molecule has 0 radical (unpaired) electrons. The molecule has 0 spiro atoms. The molecule has 0 bridgehead atoms. The smallest absolute Gasteiger partial charge is 0.151 e. The van der Waals surface area contributed by atoms with Gasteiger partial charge in [-0.1, -0.05) is 53.7 Å². The van der Waals surface area contributed by atoms with Crippen molar-refractivity contribution < 1.29 is 9.26 Å². The van der Waals surface area contributed by atoms with E-state index in [2.05, 4.69) is 10.1 Å². The van der Waals surface area contributed by atoms with E-state index in [4.69, 9.17) is 9.26 Å². The molecule has 4 nitrogen and oxygen atoms in total. The predicted octanol–water partition coefficient (Wildman–Crippen LogP) is 4.39. The number of nitrogens with zero attached hydrogens (tertiary/aromatic N) is 2. The van der Waals surface area contributed by atoms with Gasteiger partial charge in [-0.05, 0) is 25.0 Å². The Morgan fingerprint density at radius 2 is 1.64 bits per heavy atom. The van der Waals surface area contributed by atoms with Gasteiger partial charge >= 0.3 is 0 Å². The van der Waals surface area contributed by atoms with E-state index >= 15 is 0 Å². The number of piperidine rings is 1. The van der Waals surface area contributed by atoms with Crippen LogP contribution in [0.1, 0.15) is 18.6 Å². The second kappa shape index (κ2) is 7.53. The maximum Gasteiger partial charge on any atom is 0.151 e. The molecule has 0 aliphatic carbocycles. The molecule has 4 heteroatoms. The van der Waals surface area contributed by atoms with Gasteiger partial charge in [-0.15, -0.1) is 0 Å². The SMILES string of the molecule is c1ccc(OC2CCN(Cc3cc(-c4ccccc4)no3)CC2)cc1. The van der Waals surface area contributed by atoms with Crippen molar-refractivity contribution in [3.05, 3.63) is 72.5 Å². The first-order chi connectivity index (χ1) is 12.4. The third kappa shape index (κ3) is 4.09. The summed E-state index contributed by atoms with van der Waals surface area (Å²) in [5, 5.41) is 4.20. The monoisotopic (exact) mass is 334 g/mol. The molecule has 0 amide bonds. The number of hydrogen-bond acceptors (Lipinski definition) is 4. The lowest BCUT2D eigenvalue weighted by molar-refractivity contribution is 0.0915. The highest BCUT2D eigenvalue weighted by atomic mass is 16.5. The Balaban J connectivity index is 1.30. The van der Waals surface area contributed by atoms with Crippen LogP contribution in [-0.4, -0.2) is 29.3 Å². The molecule has 1 aliphatic rings. The van der Waals surface area contributed by atoms with Gasteiger partial charge < -0.3 is 9.26 Å². The average molecular weight is 334 g/mol. The lowest BCUT2D eigenvalue weighted by Gasteiger charge is -2.31. The molecular weight excluding hydrogens is 312 g/mol. The van der Waals surface area contributed by atoms with Crippen molar-refractivity contribution in [1.29, 1.82) is 0 Å². The van der Waals surface area contributed by atoms with Gasteiger partial charge in [0.2, 0.25) is 0 Å². The van der Waals surface area contributed by atoms with Crippen molar-refractivity contribution in [3.8, 4) is 17.0 Å². The van der Waals surface area contributed by atoms with Crippen molar-refractivity contribution >= 4 is 0 Å². The molecule has 1 saturated heterocycles. The van der Waals surface area contributed by atoms with Crippen LogP contribution in [0.4, 0.5) is 0 Å². The molecule has 0 N–H and O–H groups in total. The minimum absolute atomic E-state index is 0.299. The lowest BCUT2D eigenvalue weighted by atomic mass is 10.1. The van der Waals surface area contributed by atoms with Crippen molar-refractivity contribution in [3.63, 3.8) is 0 Å². The molecule has 4 rings (SSSR count). The number of aromatic nitrogens is 1. The van der Waals surface area contributed by atoms with Crippen molar-refractivity contribution in [2.45, 2.75) is 25.5 Å². The number of ether oxygens (including phenoxy) is 1. The van der Waals surface area contributed by atoms with Gasteiger partial charge in [-0.3, -0.25) is 4.90 Å². The second-order valence-electron chi connectivity index (χ2n) is 6.45. The fourth-order valence-electron chi connectivity index (χ4n) is 3.23. The van der Waals surface area contributed by atoms with Gasteiger partial charge in [0.25, 0.3) is 0 Å². The Morgan fingerprint density at radius 1 is 0.960 bits per heavy atom. The van der Waals surface area contributed by atoms with Gasteiger partial charge in [-0.2, -0.15) is 0 Å². The summed E-state index contributed by atoms with van der Waals surface area (Å²) in [6.07, 6.45) is 2.37. The summed E-state index contributed by atoms with van der Waals surface area (Å²) in [6.45, 7) is 2.83. The van der Waals surface area contributed by atoms with Crippen molar-refractivity contribution in [2.75, 3.05) is 13.1 Å². The molecule has 3 aromatic rings. The number of hydrogen-bond donors (Lipinski definition) is 0. The Morgan fingerprint density at radius 3 is 2.36 bits per heavy atom. The van der Waals surface area contributed by atoms with Crippen LogP contribution in [0.5, 0.6) is 5.75 Å². The summed E-state index contributed by atoms with van der Waals surface area (Å²) in [4.78, 5) is 2.40. The highest BCUT2D eigenvalue weighted by Crippen LogP contribution is 2.22. The van der Waals surface area contributed by atoms with E-state index in [0.29, 0.717) is 6.10 Å². The Labute approximate surface area is 148 Å². The molecule has 0 atom stereocenters. The predicted molar refractivity (Wildman–Crippen MR) is 97.3 cm³/mol. The van der Waals surface area contributed by atoms with Gasteiger partial charge in [-0.25, -0.2) is 0 Å². The van der Waals surface area contributed by atoms with E-state index in [9.17, 15) is 0 Å². The largest absolute Gasteiger partial charge is 0.490 e. The first-order valence-corrected chi connectivity index (χ1v) is 8.82. The zero-order valence-electron chi connectivity index (χ0n) is 14.2. The van der Waals surface area contributed by atoms with Gasteiger partial charge in [0.1, 0.15) is 17.5 Å². The van der Waals surface area contributed by atoms with Gasteiger partial charge in [0.05, 0.1) is 6.54 Å². The van der Waals surface area contributed by atoms with Crippen molar-refractivity contribution in [1.82, 2.24) is 10.1 Å². The molecule has 25 heavy (non-hydrogen) atoms. The molecule has 2 heterocycles. The second-order valence-corrected chi connectivity index (χ2v) is 6.45. The van der Waals surface area contributed by atoms with E-state index in [0.717, 1.165) is 55.2 Å². The van der Waals surface area contributed by atoms with Gasteiger partial charge in [0, 0.05) is 24.7 Å². The van der Waals surface area contributed by atoms with E-state index in [1.165, 1.54) is 0 Å². The lowest BCUT2D eigenvalue weighted by Crippen LogP contribution is -2.37. The van der Waals surface area contributed by atoms with Crippen LogP contribution in [0, 0.1) is 0 Å². The van der Waals surface area contributed by atoms with Crippen LogP contribution < -0.4 is 4.74 Å². The molecule has 0 unspecified atom stereocenters. The summed E-state index contributed by atoms with van der Waals surface area (Å²) in [5.41, 5.74) is 1.99. The normalized spacial score (nSPS) is 16.0. The van der Waals surface area contributed by atoms with E-state index in [1.807, 2.05) is 66.7 Å². The molecule has 128 valence electrons. The number of benzene rings is 2. The summed E-state index contributed by atoms with van der Waals surface area (Å²) in [5.74, 6) is 1.88. The van der Waals surface area contributed by atoms with Gasteiger partial charge in [0.15, 0.2) is 5.76 Å². The molecule has 1 aromatic heterocycles. The van der Waals surface area contributed by atoms with Crippen molar-refractivity contribution in [2.24, 2.45) is 0 Å². The summed E-state index contributed by atoms with van der Waals surface area (Å²) in [6, 6.07) is 22.3. The van der Waals surface area contributed by atoms with E-state index in [-0.39, 0.29) is 0 Å². The molecule has 1 fully saturated rings. The highest BCUT2D eigenvalue weighted by molar-refractivity contribution is 5.58. The zero-order chi connectivity index (χ0) is 16.9. The van der Waals surface area contributed by atoms with Crippen LogP contribution in [0.15, 0.2) is 71.3 Å². The topological polar surface area (TPSA) is 38.5 Å². The van der Waals surface area contributed by atoms with Crippen LogP contribution in [0.25, 0.3) is 11.3 Å². The maximum atomic E-state index is 6.05.